The topological polar surface area (TPSA) is 34.1 Å². The Hall–Kier alpha value is -0.400. The summed E-state index contributed by atoms with van der Waals surface area (Å²) in [5.74, 6) is 0. The van der Waals surface area contributed by atoms with E-state index < -0.39 is 13.0 Å². The van der Waals surface area contributed by atoms with Crippen LogP contribution in [0.1, 0.15) is 142 Å². The summed E-state index contributed by atoms with van der Waals surface area (Å²) in [6, 6.07) is 0. The van der Waals surface area contributed by atoms with E-state index in [1.165, 1.54) is 103 Å². The minimum absolute atomic E-state index is 0.512. The number of unbranched alkanes of at least 4 members (excludes halogenated alkanes) is 16. The van der Waals surface area contributed by atoms with Crippen LogP contribution < -0.4 is 0 Å². The summed E-state index contributed by atoms with van der Waals surface area (Å²) in [6.45, 7) is 4.29. The van der Waals surface area contributed by atoms with Gasteiger partial charge in [0.15, 0.2) is 0 Å². The molecule has 190 valence electrons. The van der Waals surface area contributed by atoms with E-state index in [1.54, 1.807) is 0 Å². The zero-order valence-corrected chi connectivity index (χ0v) is 23.4. The van der Waals surface area contributed by atoms with Crippen molar-refractivity contribution in [2.24, 2.45) is 0 Å². The summed E-state index contributed by atoms with van der Waals surface area (Å²) in [7, 11) is 3.63. The van der Waals surface area contributed by atoms with Gasteiger partial charge in [-0.3, -0.25) is 0 Å². The molecule has 0 saturated heterocycles. The molecule has 0 heterocycles. The van der Waals surface area contributed by atoms with Gasteiger partial charge in [0.05, 0.1) is 21.1 Å². The first kappa shape index (κ1) is 31.6. The molecule has 4 heteroatoms. The lowest BCUT2D eigenvalue weighted by atomic mass is 10.0. The molecule has 0 fully saturated rings. The first-order valence-corrected chi connectivity index (χ1v) is 15.1. The Labute approximate surface area is 202 Å². The van der Waals surface area contributed by atoms with Gasteiger partial charge in [0.25, 0.3) is 0 Å². The van der Waals surface area contributed by atoms with E-state index in [2.05, 4.69) is 19.1 Å². The Morgan fingerprint density at radius 3 is 1.31 bits per heavy atom. The standard InChI is InChI=1S/C28H57NO2P/c1-6-8-9-10-11-12-13-14-15-16-17-18-19-20-21-22-23-24-25-26-27-28(7-2,32(30)31)29(3,4)5/h13-14H,6-12,15-27H2,1-5H3/q+1. The molecule has 0 aromatic carbocycles. The average molecular weight is 471 g/mol. The van der Waals surface area contributed by atoms with E-state index in [0.717, 1.165) is 19.3 Å². The quantitative estimate of drug-likeness (QED) is 0.0644. The van der Waals surface area contributed by atoms with Crippen LogP contribution in [0.15, 0.2) is 12.2 Å². The fraction of sp³-hybridized carbons (Fsp3) is 0.929. The lowest BCUT2D eigenvalue weighted by Crippen LogP contribution is -2.53. The number of allylic oxidation sites excluding steroid dienone is 2. The Kier molecular flexibility index (Phi) is 19.8. The van der Waals surface area contributed by atoms with E-state index in [4.69, 9.17) is 0 Å². The lowest BCUT2D eigenvalue weighted by Gasteiger charge is -2.40. The van der Waals surface area contributed by atoms with Crippen molar-refractivity contribution < 1.29 is 13.6 Å². The molecule has 0 aromatic heterocycles. The molecule has 0 rings (SSSR count). The highest BCUT2D eigenvalue weighted by Gasteiger charge is 2.46. The number of hydrogen-bond acceptors (Lipinski definition) is 2. The molecule has 0 bridgehead atoms. The van der Waals surface area contributed by atoms with E-state index in [0.29, 0.717) is 10.9 Å². The van der Waals surface area contributed by atoms with Crippen LogP contribution in [0.25, 0.3) is 0 Å². The van der Waals surface area contributed by atoms with Crippen molar-refractivity contribution >= 4 is 7.68 Å². The van der Waals surface area contributed by atoms with Gasteiger partial charge in [0.1, 0.15) is 0 Å². The maximum absolute atomic E-state index is 11.9. The molecule has 0 spiro atoms. The maximum Gasteiger partial charge on any atom is 0.378 e. The molecule has 0 radical (unpaired) electrons. The van der Waals surface area contributed by atoms with E-state index >= 15 is 0 Å². The van der Waals surface area contributed by atoms with Gasteiger partial charge < -0.3 is 4.48 Å². The first-order valence-electron chi connectivity index (χ1n) is 13.9. The molecule has 0 aromatic rings. The third kappa shape index (κ3) is 14.7. The van der Waals surface area contributed by atoms with Gasteiger partial charge in [-0.05, 0) is 32.1 Å². The second-order valence-corrected chi connectivity index (χ2v) is 12.1. The number of hydrogen-bond donors (Lipinski definition) is 0. The van der Waals surface area contributed by atoms with Crippen LogP contribution in [0, 0.1) is 0 Å². The van der Waals surface area contributed by atoms with Crippen molar-refractivity contribution in [1.29, 1.82) is 0 Å². The fourth-order valence-corrected chi connectivity index (χ4v) is 5.90. The molecule has 0 amide bonds. The van der Waals surface area contributed by atoms with Crippen LogP contribution in [0.3, 0.4) is 0 Å². The first-order chi connectivity index (χ1) is 15.3. The van der Waals surface area contributed by atoms with E-state index in [-0.39, 0.29) is 0 Å². The van der Waals surface area contributed by atoms with Crippen molar-refractivity contribution in [2.75, 3.05) is 21.1 Å². The second-order valence-electron chi connectivity index (χ2n) is 10.7. The van der Waals surface area contributed by atoms with Gasteiger partial charge in [0, 0.05) is 12.8 Å². The maximum atomic E-state index is 11.9. The summed E-state index contributed by atoms with van der Waals surface area (Å²) in [6.07, 6.45) is 30.1. The predicted molar refractivity (Wildman–Crippen MR) is 142 cm³/mol. The molecule has 3 nitrogen and oxygen atoms in total. The lowest BCUT2D eigenvalue weighted by molar-refractivity contribution is -0.908. The molecular formula is C28H57NO2P+. The average Bonchev–Trinajstić information content (AvgIpc) is 2.74. The van der Waals surface area contributed by atoms with Gasteiger partial charge in [-0.1, -0.05) is 109 Å². The van der Waals surface area contributed by atoms with Gasteiger partial charge in [-0.25, -0.2) is 9.13 Å². The second kappa shape index (κ2) is 20.0. The van der Waals surface area contributed by atoms with Gasteiger partial charge >= 0.3 is 7.68 Å². The smallest absolute Gasteiger partial charge is 0.314 e. The Morgan fingerprint density at radius 1 is 0.594 bits per heavy atom. The monoisotopic (exact) mass is 470 g/mol. The zero-order valence-electron chi connectivity index (χ0n) is 22.5. The van der Waals surface area contributed by atoms with Crippen LogP contribution in [0.4, 0.5) is 0 Å². The minimum Gasteiger partial charge on any atom is -0.314 e. The molecule has 0 N–H and O–H groups in total. The molecule has 0 aliphatic rings. The summed E-state index contributed by atoms with van der Waals surface area (Å²) in [4.78, 5) is 0. The van der Waals surface area contributed by atoms with Gasteiger partial charge in [-0.15, -0.1) is 0 Å². The molecular weight excluding hydrogens is 413 g/mol. The van der Waals surface area contributed by atoms with Crippen LogP contribution >= 0.6 is 7.68 Å². The SMILES string of the molecule is CCCCCCCC=CCCCCCCCCCCCCCC(CC)(P(=O)=O)[N+](C)(C)C. The van der Waals surface area contributed by atoms with E-state index in [9.17, 15) is 9.13 Å². The van der Waals surface area contributed by atoms with Crippen molar-refractivity contribution in [3.63, 3.8) is 0 Å². The van der Waals surface area contributed by atoms with Crippen molar-refractivity contribution in [3.8, 4) is 0 Å². The van der Waals surface area contributed by atoms with Crippen molar-refractivity contribution in [3.05, 3.63) is 12.2 Å². The summed E-state index contributed by atoms with van der Waals surface area (Å²) >= 11 is 0. The van der Waals surface area contributed by atoms with Crippen LogP contribution in [0.2, 0.25) is 0 Å². The zero-order chi connectivity index (χ0) is 24.1. The number of quaternary nitrogens is 1. The largest absolute Gasteiger partial charge is 0.378 e. The van der Waals surface area contributed by atoms with Crippen molar-refractivity contribution in [2.45, 2.75) is 148 Å². The summed E-state index contributed by atoms with van der Waals surface area (Å²) in [5.41, 5.74) is 0. The highest BCUT2D eigenvalue weighted by Crippen LogP contribution is 2.43. The minimum atomic E-state index is -2.41. The van der Waals surface area contributed by atoms with Crippen LogP contribution in [-0.2, 0) is 9.13 Å². The number of rotatable bonds is 23. The molecule has 1 unspecified atom stereocenters. The Bertz CT molecular complexity index is 514. The molecule has 0 aliphatic heterocycles. The normalized spacial score (nSPS) is 14.2. The summed E-state index contributed by atoms with van der Waals surface area (Å²) < 4.78 is 24.4. The number of nitrogens with zero attached hydrogens (tertiary/aromatic N) is 1. The predicted octanol–water partition coefficient (Wildman–Crippen LogP) is 9.96. The van der Waals surface area contributed by atoms with E-state index in [1.807, 2.05) is 28.1 Å². The molecule has 0 aliphatic carbocycles. The fourth-order valence-electron chi connectivity index (χ4n) is 4.81. The van der Waals surface area contributed by atoms with Crippen molar-refractivity contribution in [1.82, 2.24) is 0 Å². The van der Waals surface area contributed by atoms with Crippen LogP contribution in [0.5, 0.6) is 0 Å². The van der Waals surface area contributed by atoms with Gasteiger partial charge in [-0.2, -0.15) is 0 Å². The van der Waals surface area contributed by atoms with Gasteiger partial charge in [0.2, 0.25) is 5.28 Å². The molecule has 1 atom stereocenters. The molecule has 32 heavy (non-hydrogen) atoms. The van der Waals surface area contributed by atoms with Crippen LogP contribution in [-0.4, -0.2) is 30.9 Å². The molecule has 0 saturated carbocycles. The Balaban J connectivity index is 3.51. The summed E-state index contributed by atoms with van der Waals surface area (Å²) in [5, 5.41) is -0.598. The third-order valence-corrected chi connectivity index (χ3v) is 9.06. The Morgan fingerprint density at radius 2 is 0.969 bits per heavy atom. The third-order valence-electron chi connectivity index (χ3n) is 7.24. The highest BCUT2D eigenvalue weighted by atomic mass is 31.1. The highest BCUT2D eigenvalue weighted by molar-refractivity contribution is 7.32.